The van der Waals surface area contributed by atoms with Gasteiger partial charge in [0, 0.05) is 6.04 Å². The van der Waals surface area contributed by atoms with Crippen LogP contribution in [0.5, 0.6) is 0 Å². The zero-order valence-corrected chi connectivity index (χ0v) is 9.48. The summed E-state index contributed by atoms with van der Waals surface area (Å²) in [6.07, 6.45) is 2.17. The van der Waals surface area contributed by atoms with Gasteiger partial charge in [-0.15, -0.1) is 0 Å². The van der Waals surface area contributed by atoms with Crippen LogP contribution in [0.2, 0.25) is 0 Å². The minimum absolute atomic E-state index is 0.148. The van der Waals surface area contributed by atoms with Gasteiger partial charge in [-0.25, -0.2) is 0 Å². The molecule has 1 N–H and O–H groups in total. The summed E-state index contributed by atoms with van der Waals surface area (Å²) >= 11 is 0. The van der Waals surface area contributed by atoms with Gasteiger partial charge in [0.2, 0.25) is 0 Å². The molecule has 1 aromatic carbocycles. The zero-order chi connectivity index (χ0) is 11.4. The summed E-state index contributed by atoms with van der Waals surface area (Å²) in [4.78, 5) is 11.8. The number of carbonyl (C=O) groups is 1. The van der Waals surface area contributed by atoms with Crippen LogP contribution < -0.4 is 5.32 Å². The van der Waals surface area contributed by atoms with Gasteiger partial charge < -0.3 is 10.1 Å². The molecule has 0 aliphatic carbocycles. The highest BCUT2D eigenvalue weighted by molar-refractivity contribution is 5.79. The molecule has 2 unspecified atom stereocenters. The molecule has 86 valence electrons. The molecule has 2 atom stereocenters. The number of rotatable bonds is 3. The van der Waals surface area contributed by atoms with E-state index < -0.39 is 0 Å². The Bertz CT molecular complexity index is 344. The minimum atomic E-state index is -0.173. The Kier molecular flexibility index (Phi) is 3.57. The Morgan fingerprint density at radius 1 is 1.44 bits per heavy atom. The SMILES string of the molecule is COC(=O)C(c1ccccc1)C1CCCN1. The lowest BCUT2D eigenvalue weighted by Gasteiger charge is -2.21. The molecule has 3 heteroatoms. The predicted molar refractivity (Wildman–Crippen MR) is 62.2 cm³/mol. The Morgan fingerprint density at radius 2 is 2.19 bits per heavy atom. The topological polar surface area (TPSA) is 38.3 Å². The van der Waals surface area contributed by atoms with Crippen LogP contribution in [-0.4, -0.2) is 25.7 Å². The van der Waals surface area contributed by atoms with E-state index in [1.54, 1.807) is 0 Å². The van der Waals surface area contributed by atoms with Crippen molar-refractivity contribution in [3.05, 3.63) is 35.9 Å². The van der Waals surface area contributed by atoms with Crippen LogP contribution >= 0.6 is 0 Å². The predicted octanol–water partition coefficient (Wildman–Crippen LogP) is 1.70. The smallest absolute Gasteiger partial charge is 0.314 e. The first-order chi connectivity index (χ1) is 7.83. The van der Waals surface area contributed by atoms with Crippen LogP contribution in [0.25, 0.3) is 0 Å². The van der Waals surface area contributed by atoms with E-state index in [1.165, 1.54) is 7.11 Å². The molecule has 0 saturated carbocycles. The minimum Gasteiger partial charge on any atom is -0.469 e. The van der Waals surface area contributed by atoms with Crippen molar-refractivity contribution in [3.63, 3.8) is 0 Å². The van der Waals surface area contributed by atoms with Crippen molar-refractivity contribution >= 4 is 5.97 Å². The quantitative estimate of drug-likeness (QED) is 0.786. The molecule has 1 aromatic rings. The molecule has 1 aliphatic rings. The monoisotopic (exact) mass is 219 g/mol. The van der Waals surface area contributed by atoms with E-state index in [-0.39, 0.29) is 17.9 Å². The Hall–Kier alpha value is -1.35. The molecule has 16 heavy (non-hydrogen) atoms. The van der Waals surface area contributed by atoms with Gasteiger partial charge in [-0.1, -0.05) is 30.3 Å². The van der Waals surface area contributed by atoms with E-state index in [9.17, 15) is 4.79 Å². The van der Waals surface area contributed by atoms with Crippen molar-refractivity contribution in [2.45, 2.75) is 24.8 Å². The lowest BCUT2D eigenvalue weighted by Crippen LogP contribution is -2.34. The number of ether oxygens (including phenoxy) is 1. The highest BCUT2D eigenvalue weighted by Crippen LogP contribution is 2.26. The van der Waals surface area contributed by atoms with E-state index in [0.29, 0.717) is 0 Å². The first-order valence-corrected chi connectivity index (χ1v) is 5.69. The van der Waals surface area contributed by atoms with E-state index in [4.69, 9.17) is 4.74 Å². The summed E-state index contributed by atoms with van der Waals surface area (Å²) in [6, 6.07) is 10.1. The van der Waals surface area contributed by atoms with Crippen LogP contribution in [0, 0.1) is 0 Å². The Morgan fingerprint density at radius 3 is 2.75 bits per heavy atom. The molecule has 0 amide bonds. The van der Waals surface area contributed by atoms with Gasteiger partial charge in [0.15, 0.2) is 0 Å². The summed E-state index contributed by atoms with van der Waals surface area (Å²) in [5.41, 5.74) is 1.04. The van der Waals surface area contributed by atoms with E-state index in [0.717, 1.165) is 24.9 Å². The molecule has 0 bridgehead atoms. The third-order valence-corrected chi connectivity index (χ3v) is 3.11. The highest BCUT2D eigenvalue weighted by Gasteiger charge is 2.32. The fourth-order valence-corrected chi connectivity index (χ4v) is 2.32. The summed E-state index contributed by atoms with van der Waals surface area (Å²) in [5.74, 6) is -0.320. The second-order valence-electron chi connectivity index (χ2n) is 4.11. The number of esters is 1. The van der Waals surface area contributed by atoms with E-state index in [1.807, 2.05) is 30.3 Å². The number of benzene rings is 1. The second-order valence-corrected chi connectivity index (χ2v) is 4.11. The lowest BCUT2D eigenvalue weighted by atomic mass is 9.90. The van der Waals surface area contributed by atoms with E-state index >= 15 is 0 Å². The van der Waals surface area contributed by atoms with Crippen molar-refractivity contribution in [2.75, 3.05) is 13.7 Å². The van der Waals surface area contributed by atoms with Gasteiger partial charge in [0.1, 0.15) is 0 Å². The van der Waals surface area contributed by atoms with Crippen molar-refractivity contribution < 1.29 is 9.53 Å². The van der Waals surface area contributed by atoms with Gasteiger partial charge in [-0.05, 0) is 24.9 Å². The van der Waals surface area contributed by atoms with Crippen LogP contribution in [0.3, 0.4) is 0 Å². The number of methoxy groups -OCH3 is 1. The van der Waals surface area contributed by atoms with Crippen molar-refractivity contribution in [1.29, 1.82) is 0 Å². The molecule has 1 fully saturated rings. The van der Waals surface area contributed by atoms with Gasteiger partial charge in [0.25, 0.3) is 0 Å². The molecule has 0 radical (unpaired) electrons. The molecule has 1 aliphatic heterocycles. The normalized spacial score (nSPS) is 21.7. The lowest BCUT2D eigenvalue weighted by molar-refractivity contribution is -0.143. The summed E-state index contributed by atoms with van der Waals surface area (Å²) in [7, 11) is 1.45. The third kappa shape index (κ3) is 2.25. The van der Waals surface area contributed by atoms with Gasteiger partial charge in [-0.3, -0.25) is 4.79 Å². The summed E-state index contributed by atoms with van der Waals surface area (Å²) in [5, 5.41) is 3.37. The highest BCUT2D eigenvalue weighted by atomic mass is 16.5. The molecular weight excluding hydrogens is 202 g/mol. The standard InChI is InChI=1S/C13H17NO2/c1-16-13(15)12(11-8-5-9-14-11)10-6-3-2-4-7-10/h2-4,6-7,11-12,14H,5,8-9H2,1H3. The van der Waals surface area contributed by atoms with Crippen LogP contribution in [0.15, 0.2) is 30.3 Å². The van der Waals surface area contributed by atoms with Crippen molar-refractivity contribution in [2.24, 2.45) is 0 Å². The van der Waals surface area contributed by atoms with Crippen molar-refractivity contribution in [1.82, 2.24) is 5.32 Å². The largest absolute Gasteiger partial charge is 0.469 e. The van der Waals surface area contributed by atoms with Gasteiger partial charge >= 0.3 is 5.97 Å². The molecule has 0 aromatic heterocycles. The number of nitrogens with one attached hydrogen (secondary N) is 1. The average molecular weight is 219 g/mol. The Balaban J connectivity index is 2.24. The average Bonchev–Trinajstić information content (AvgIpc) is 2.84. The van der Waals surface area contributed by atoms with Crippen LogP contribution in [0.1, 0.15) is 24.3 Å². The number of carbonyl (C=O) groups excluding carboxylic acids is 1. The molecule has 1 heterocycles. The van der Waals surface area contributed by atoms with Crippen molar-refractivity contribution in [3.8, 4) is 0 Å². The zero-order valence-electron chi connectivity index (χ0n) is 9.48. The Labute approximate surface area is 95.8 Å². The molecule has 1 saturated heterocycles. The fraction of sp³-hybridized carbons (Fsp3) is 0.462. The third-order valence-electron chi connectivity index (χ3n) is 3.11. The maximum Gasteiger partial charge on any atom is 0.314 e. The molecule has 2 rings (SSSR count). The summed E-state index contributed by atoms with van der Waals surface area (Å²) < 4.78 is 4.90. The maximum absolute atomic E-state index is 11.8. The van der Waals surface area contributed by atoms with Gasteiger partial charge in [-0.2, -0.15) is 0 Å². The molecule has 0 spiro atoms. The first-order valence-electron chi connectivity index (χ1n) is 5.69. The fourth-order valence-electron chi connectivity index (χ4n) is 2.32. The molecule has 3 nitrogen and oxygen atoms in total. The first kappa shape index (κ1) is 11.1. The maximum atomic E-state index is 11.8. The number of hydrogen-bond acceptors (Lipinski definition) is 3. The van der Waals surface area contributed by atoms with Gasteiger partial charge in [0.05, 0.1) is 13.0 Å². The van der Waals surface area contributed by atoms with Crippen LogP contribution in [0.4, 0.5) is 0 Å². The number of hydrogen-bond donors (Lipinski definition) is 1. The second kappa shape index (κ2) is 5.12. The molecular formula is C13H17NO2. The summed E-state index contributed by atoms with van der Waals surface area (Å²) in [6.45, 7) is 0.991. The van der Waals surface area contributed by atoms with Crippen LogP contribution in [-0.2, 0) is 9.53 Å². The van der Waals surface area contributed by atoms with E-state index in [2.05, 4.69) is 5.32 Å².